The number of hydrogen-bond donors (Lipinski definition) is 0. The molecule has 0 spiro atoms. The van der Waals surface area contributed by atoms with Gasteiger partial charge in [0.2, 0.25) is 5.91 Å². The van der Waals surface area contributed by atoms with E-state index in [1.165, 1.54) is 11.8 Å². The van der Waals surface area contributed by atoms with Crippen molar-refractivity contribution in [3.63, 3.8) is 0 Å². The summed E-state index contributed by atoms with van der Waals surface area (Å²) < 4.78 is 38.4. The molecule has 0 unspecified atom stereocenters. The summed E-state index contributed by atoms with van der Waals surface area (Å²) in [6.45, 7) is 4.99. The molecule has 31 heavy (non-hydrogen) atoms. The van der Waals surface area contributed by atoms with Crippen LogP contribution >= 0.6 is 23.4 Å². The molecule has 0 aromatic carbocycles. The molecule has 1 fully saturated rings. The molecule has 164 valence electrons. The van der Waals surface area contributed by atoms with Gasteiger partial charge in [0, 0.05) is 32.4 Å². The van der Waals surface area contributed by atoms with Crippen molar-refractivity contribution >= 4 is 35.1 Å². The normalized spacial score (nSPS) is 14.5. The van der Waals surface area contributed by atoms with Crippen molar-refractivity contribution in [3.8, 4) is 6.07 Å². The first-order chi connectivity index (χ1) is 14.6. The zero-order valence-electron chi connectivity index (χ0n) is 16.7. The summed E-state index contributed by atoms with van der Waals surface area (Å²) in [6, 6.07) is 2.93. The number of halogens is 4. The molecule has 7 nitrogen and oxygen atoms in total. The Kier molecular flexibility index (Phi) is 6.91. The number of hydrogen-bond acceptors (Lipinski definition) is 7. The standard InChI is InChI=1S/C19H18ClF3N6OS/c1-11-14(8-24)18(27-12(2)26-11)31-10-16(30)28-3-5-29(6-4-28)17-15(20)7-13(9-25-17)19(21,22)23/h7,9H,3-6,10H2,1-2H3. The van der Waals surface area contributed by atoms with Crippen molar-refractivity contribution in [2.45, 2.75) is 25.0 Å². The molecule has 0 saturated carbocycles. The minimum atomic E-state index is -4.51. The van der Waals surface area contributed by atoms with Gasteiger partial charge in [0.25, 0.3) is 0 Å². The maximum absolute atomic E-state index is 12.8. The number of carbonyl (C=O) groups excluding carboxylic acids is 1. The first-order valence-corrected chi connectivity index (χ1v) is 10.6. The summed E-state index contributed by atoms with van der Waals surface area (Å²) in [7, 11) is 0. The molecule has 0 aliphatic carbocycles. The zero-order valence-corrected chi connectivity index (χ0v) is 18.3. The number of amides is 1. The van der Waals surface area contributed by atoms with Crippen LogP contribution in [-0.2, 0) is 11.0 Å². The summed E-state index contributed by atoms with van der Waals surface area (Å²) in [5, 5.41) is 9.69. The van der Waals surface area contributed by atoms with E-state index in [0.717, 1.165) is 12.3 Å². The third kappa shape index (κ3) is 5.37. The third-order valence-electron chi connectivity index (χ3n) is 4.69. The summed E-state index contributed by atoms with van der Waals surface area (Å²) in [5.74, 6) is 0.792. The topological polar surface area (TPSA) is 86.0 Å². The minimum absolute atomic E-state index is 0.0799. The number of thioether (sulfide) groups is 1. The van der Waals surface area contributed by atoms with E-state index in [2.05, 4.69) is 21.0 Å². The van der Waals surface area contributed by atoms with Crippen molar-refractivity contribution in [2.24, 2.45) is 0 Å². The predicted molar refractivity (Wildman–Crippen MR) is 110 cm³/mol. The molecule has 1 aliphatic heterocycles. The molecule has 0 N–H and O–H groups in total. The van der Waals surface area contributed by atoms with Gasteiger partial charge in [0.15, 0.2) is 0 Å². The van der Waals surface area contributed by atoms with E-state index in [1.807, 2.05) is 0 Å². The number of aryl methyl sites for hydroxylation is 2. The van der Waals surface area contributed by atoms with E-state index in [4.69, 9.17) is 11.6 Å². The molecule has 3 heterocycles. The summed E-state index contributed by atoms with van der Waals surface area (Å²) >= 11 is 7.20. The lowest BCUT2D eigenvalue weighted by Crippen LogP contribution is -2.49. The molecule has 0 radical (unpaired) electrons. The fraction of sp³-hybridized carbons (Fsp3) is 0.421. The number of alkyl halides is 3. The Labute approximate surface area is 186 Å². The van der Waals surface area contributed by atoms with Crippen molar-refractivity contribution in [1.82, 2.24) is 19.9 Å². The van der Waals surface area contributed by atoms with Gasteiger partial charge in [-0.15, -0.1) is 0 Å². The van der Waals surface area contributed by atoms with Crippen molar-refractivity contribution in [1.29, 1.82) is 5.26 Å². The summed E-state index contributed by atoms with van der Waals surface area (Å²) in [6.07, 6.45) is -3.75. The molecule has 0 atom stereocenters. The maximum Gasteiger partial charge on any atom is 0.417 e. The number of carbonyl (C=O) groups is 1. The van der Waals surface area contributed by atoms with Gasteiger partial charge < -0.3 is 9.80 Å². The second kappa shape index (κ2) is 9.28. The van der Waals surface area contributed by atoms with E-state index >= 15 is 0 Å². The Balaban J connectivity index is 1.59. The van der Waals surface area contributed by atoms with Crippen LogP contribution in [0, 0.1) is 25.2 Å². The number of rotatable bonds is 4. The van der Waals surface area contributed by atoms with Gasteiger partial charge in [-0.1, -0.05) is 23.4 Å². The van der Waals surface area contributed by atoms with Crippen LogP contribution in [0.3, 0.4) is 0 Å². The average molecular weight is 471 g/mol. The Morgan fingerprint density at radius 2 is 1.94 bits per heavy atom. The van der Waals surface area contributed by atoms with Crippen LogP contribution in [0.25, 0.3) is 0 Å². The van der Waals surface area contributed by atoms with Gasteiger partial charge in [-0.3, -0.25) is 4.79 Å². The van der Waals surface area contributed by atoms with Crippen molar-refractivity contribution < 1.29 is 18.0 Å². The lowest BCUT2D eigenvalue weighted by atomic mass is 10.2. The highest BCUT2D eigenvalue weighted by molar-refractivity contribution is 8.00. The van der Waals surface area contributed by atoms with Gasteiger partial charge >= 0.3 is 6.18 Å². The molecule has 1 aliphatic rings. The second-order valence-electron chi connectivity index (χ2n) is 6.83. The molecule has 0 bridgehead atoms. The highest BCUT2D eigenvalue weighted by atomic mass is 35.5. The lowest BCUT2D eigenvalue weighted by Gasteiger charge is -2.35. The van der Waals surface area contributed by atoms with Gasteiger partial charge in [-0.05, 0) is 19.9 Å². The Morgan fingerprint density at radius 3 is 2.52 bits per heavy atom. The molecule has 2 aromatic heterocycles. The molecule has 3 rings (SSSR count). The fourth-order valence-electron chi connectivity index (χ4n) is 3.12. The van der Waals surface area contributed by atoms with Crippen LogP contribution in [0.15, 0.2) is 17.3 Å². The van der Waals surface area contributed by atoms with E-state index in [0.29, 0.717) is 48.3 Å². The molecular formula is C19H18ClF3N6OS. The van der Waals surface area contributed by atoms with Crippen LogP contribution < -0.4 is 4.90 Å². The molecular weight excluding hydrogens is 453 g/mol. The fourth-order valence-corrected chi connectivity index (χ4v) is 4.38. The van der Waals surface area contributed by atoms with E-state index in [-0.39, 0.29) is 22.5 Å². The second-order valence-corrected chi connectivity index (χ2v) is 8.20. The Hall–Kier alpha value is -2.58. The average Bonchev–Trinajstić information content (AvgIpc) is 2.71. The molecule has 1 amide bonds. The predicted octanol–water partition coefficient (Wildman–Crippen LogP) is 3.47. The first-order valence-electron chi connectivity index (χ1n) is 9.23. The van der Waals surface area contributed by atoms with Gasteiger partial charge in [-0.25, -0.2) is 15.0 Å². The maximum atomic E-state index is 12.8. The van der Waals surface area contributed by atoms with Gasteiger partial charge in [0.1, 0.15) is 28.3 Å². The lowest BCUT2D eigenvalue weighted by molar-refractivity contribution is -0.137. The smallest absolute Gasteiger partial charge is 0.352 e. The molecule has 1 saturated heterocycles. The highest BCUT2D eigenvalue weighted by Crippen LogP contribution is 2.33. The van der Waals surface area contributed by atoms with Gasteiger partial charge in [-0.2, -0.15) is 18.4 Å². The Morgan fingerprint density at radius 1 is 1.26 bits per heavy atom. The van der Waals surface area contributed by atoms with Gasteiger partial charge in [0.05, 0.1) is 22.0 Å². The zero-order chi connectivity index (χ0) is 22.8. The molecule has 12 heteroatoms. The van der Waals surface area contributed by atoms with Crippen LogP contribution in [0.2, 0.25) is 5.02 Å². The van der Waals surface area contributed by atoms with Crippen molar-refractivity contribution in [2.75, 3.05) is 36.8 Å². The number of pyridine rings is 1. The number of aromatic nitrogens is 3. The largest absolute Gasteiger partial charge is 0.417 e. The van der Waals surface area contributed by atoms with E-state index in [1.54, 1.807) is 23.6 Å². The first kappa shape index (κ1) is 23.1. The van der Waals surface area contributed by atoms with Crippen LogP contribution in [0.4, 0.5) is 19.0 Å². The number of piperazine rings is 1. The van der Waals surface area contributed by atoms with Crippen LogP contribution in [0.1, 0.15) is 22.6 Å². The quantitative estimate of drug-likeness (QED) is 0.499. The third-order valence-corrected chi connectivity index (χ3v) is 5.93. The number of nitrogens with zero attached hydrogens (tertiary/aromatic N) is 6. The number of nitriles is 1. The van der Waals surface area contributed by atoms with Crippen LogP contribution in [-0.4, -0.2) is 57.7 Å². The minimum Gasteiger partial charge on any atom is -0.352 e. The summed E-state index contributed by atoms with van der Waals surface area (Å²) in [5.41, 5.74) is 0.0229. The summed E-state index contributed by atoms with van der Waals surface area (Å²) in [4.78, 5) is 28.3. The number of anilines is 1. The molecule has 2 aromatic rings. The van der Waals surface area contributed by atoms with E-state index in [9.17, 15) is 23.2 Å². The Bertz CT molecular complexity index is 1030. The monoisotopic (exact) mass is 470 g/mol. The van der Waals surface area contributed by atoms with E-state index < -0.39 is 11.7 Å². The highest BCUT2D eigenvalue weighted by Gasteiger charge is 2.32. The van der Waals surface area contributed by atoms with Crippen LogP contribution in [0.5, 0.6) is 0 Å². The van der Waals surface area contributed by atoms with Crippen molar-refractivity contribution in [3.05, 3.63) is 39.9 Å². The SMILES string of the molecule is Cc1nc(C)c(C#N)c(SCC(=O)N2CCN(c3ncc(C(F)(F)F)cc3Cl)CC2)n1.